The van der Waals surface area contributed by atoms with Crippen LogP contribution in [0.25, 0.3) is 0 Å². The number of rotatable bonds is 2. The first-order valence-corrected chi connectivity index (χ1v) is 6.48. The molecule has 1 aromatic carbocycles. The molecule has 3 nitrogen and oxygen atoms in total. The summed E-state index contributed by atoms with van der Waals surface area (Å²) in [6.07, 6.45) is 2.42. The molecule has 0 aromatic heterocycles. The number of thioether (sulfide) groups is 1. The van der Waals surface area contributed by atoms with E-state index < -0.39 is 0 Å². The summed E-state index contributed by atoms with van der Waals surface area (Å²) in [6.45, 7) is 0.595. The second-order valence-electron chi connectivity index (χ2n) is 3.83. The Labute approximate surface area is 100.0 Å². The van der Waals surface area contributed by atoms with E-state index in [2.05, 4.69) is 28.8 Å². The van der Waals surface area contributed by atoms with Gasteiger partial charge in [-0.1, -0.05) is 12.1 Å². The molecule has 0 saturated heterocycles. The van der Waals surface area contributed by atoms with E-state index >= 15 is 0 Å². The van der Waals surface area contributed by atoms with E-state index in [1.807, 2.05) is 11.8 Å². The SMILES string of the molecule is CNC(=O)NCc1ccc2c(c1)CCCS2. The molecule has 4 heteroatoms. The van der Waals surface area contributed by atoms with Gasteiger partial charge in [0.2, 0.25) is 0 Å². The molecule has 86 valence electrons. The van der Waals surface area contributed by atoms with Gasteiger partial charge in [-0.2, -0.15) is 0 Å². The van der Waals surface area contributed by atoms with Crippen LogP contribution in [0.1, 0.15) is 17.5 Å². The lowest BCUT2D eigenvalue weighted by molar-refractivity contribution is 0.242. The van der Waals surface area contributed by atoms with Crippen LogP contribution in [0.4, 0.5) is 4.79 Å². The predicted molar refractivity (Wildman–Crippen MR) is 66.8 cm³/mol. The minimum absolute atomic E-state index is 0.132. The number of aryl methyl sites for hydroxylation is 1. The van der Waals surface area contributed by atoms with Crippen molar-refractivity contribution in [3.63, 3.8) is 0 Å². The van der Waals surface area contributed by atoms with Gasteiger partial charge in [-0.25, -0.2) is 4.79 Å². The largest absolute Gasteiger partial charge is 0.341 e. The molecule has 0 fully saturated rings. The maximum atomic E-state index is 11.0. The zero-order chi connectivity index (χ0) is 11.4. The highest BCUT2D eigenvalue weighted by Crippen LogP contribution is 2.30. The Hall–Kier alpha value is -1.16. The van der Waals surface area contributed by atoms with E-state index in [0.717, 1.165) is 6.42 Å². The Morgan fingerprint density at radius 3 is 3.19 bits per heavy atom. The summed E-state index contributed by atoms with van der Waals surface area (Å²) >= 11 is 1.93. The van der Waals surface area contributed by atoms with Gasteiger partial charge in [0.05, 0.1) is 0 Å². The molecule has 0 aliphatic carbocycles. The molecule has 0 radical (unpaired) electrons. The number of urea groups is 1. The van der Waals surface area contributed by atoms with Crippen molar-refractivity contribution >= 4 is 17.8 Å². The summed E-state index contributed by atoms with van der Waals surface area (Å²) in [7, 11) is 1.62. The minimum Gasteiger partial charge on any atom is -0.341 e. The van der Waals surface area contributed by atoms with Crippen molar-refractivity contribution in [2.45, 2.75) is 24.3 Å². The van der Waals surface area contributed by atoms with Crippen LogP contribution in [-0.2, 0) is 13.0 Å². The zero-order valence-corrected chi connectivity index (χ0v) is 10.2. The van der Waals surface area contributed by atoms with Gasteiger partial charge >= 0.3 is 6.03 Å². The first-order valence-electron chi connectivity index (χ1n) is 5.50. The summed E-state index contributed by atoms with van der Waals surface area (Å²) < 4.78 is 0. The van der Waals surface area contributed by atoms with Crippen molar-refractivity contribution < 1.29 is 4.79 Å². The first kappa shape index (κ1) is 11.3. The lowest BCUT2D eigenvalue weighted by Crippen LogP contribution is -2.32. The van der Waals surface area contributed by atoms with Gasteiger partial charge in [0.25, 0.3) is 0 Å². The highest BCUT2D eigenvalue weighted by Gasteiger charge is 2.09. The predicted octanol–water partition coefficient (Wildman–Crippen LogP) is 2.15. The number of nitrogens with one attached hydrogen (secondary N) is 2. The van der Waals surface area contributed by atoms with E-state index in [1.54, 1.807) is 7.05 Å². The van der Waals surface area contributed by atoms with Crippen molar-refractivity contribution in [1.29, 1.82) is 0 Å². The molecule has 0 bridgehead atoms. The third-order valence-corrected chi connectivity index (χ3v) is 3.86. The van der Waals surface area contributed by atoms with Crippen molar-refractivity contribution in [1.82, 2.24) is 10.6 Å². The molecule has 2 rings (SSSR count). The van der Waals surface area contributed by atoms with Crippen molar-refractivity contribution in [2.75, 3.05) is 12.8 Å². The molecular formula is C12H16N2OS. The Bertz CT molecular complexity index is 393. The Morgan fingerprint density at radius 2 is 2.38 bits per heavy atom. The second kappa shape index (κ2) is 5.25. The number of benzene rings is 1. The molecule has 0 spiro atoms. The molecule has 2 amide bonds. The van der Waals surface area contributed by atoms with Gasteiger partial charge in [-0.05, 0) is 35.8 Å². The number of amides is 2. The van der Waals surface area contributed by atoms with Crippen LogP contribution >= 0.6 is 11.8 Å². The van der Waals surface area contributed by atoms with Gasteiger partial charge < -0.3 is 10.6 Å². The molecule has 0 unspecified atom stereocenters. The molecule has 1 aliphatic heterocycles. The number of hydrogen-bond donors (Lipinski definition) is 2. The maximum Gasteiger partial charge on any atom is 0.314 e. The van der Waals surface area contributed by atoms with E-state index in [-0.39, 0.29) is 6.03 Å². The third kappa shape index (κ3) is 2.70. The average molecular weight is 236 g/mol. The molecule has 1 heterocycles. The number of carbonyl (C=O) groups excluding carboxylic acids is 1. The van der Waals surface area contributed by atoms with Gasteiger partial charge in [0, 0.05) is 18.5 Å². The van der Waals surface area contributed by atoms with Crippen molar-refractivity contribution in [2.24, 2.45) is 0 Å². The standard InChI is InChI=1S/C12H16N2OS/c1-13-12(15)14-8-9-4-5-11-10(7-9)3-2-6-16-11/h4-5,7H,2-3,6,8H2,1H3,(H2,13,14,15). The van der Waals surface area contributed by atoms with E-state index in [4.69, 9.17) is 0 Å². The fraction of sp³-hybridized carbons (Fsp3) is 0.417. The van der Waals surface area contributed by atoms with Crippen molar-refractivity contribution in [3.05, 3.63) is 29.3 Å². The maximum absolute atomic E-state index is 11.0. The fourth-order valence-electron chi connectivity index (χ4n) is 1.79. The van der Waals surface area contributed by atoms with Crippen LogP contribution in [-0.4, -0.2) is 18.8 Å². The molecule has 0 saturated carbocycles. The summed E-state index contributed by atoms with van der Waals surface area (Å²) in [5.74, 6) is 1.23. The molecule has 16 heavy (non-hydrogen) atoms. The van der Waals surface area contributed by atoms with Gasteiger partial charge in [0.15, 0.2) is 0 Å². The van der Waals surface area contributed by atoms with Crippen LogP contribution in [0.5, 0.6) is 0 Å². The summed E-state index contributed by atoms with van der Waals surface area (Å²) in [6, 6.07) is 6.33. The van der Waals surface area contributed by atoms with Crippen LogP contribution in [0, 0.1) is 0 Å². The quantitative estimate of drug-likeness (QED) is 0.826. The summed E-state index contributed by atoms with van der Waals surface area (Å²) in [4.78, 5) is 12.4. The summed E-state index contributed by atoms with van der Waals surface area (Å²) in [5.41, 5.74) is 2.59. The lowest BCUT2D eigenvalue weighted by atomic mass is 10.1. The lowest BCUT2D eigenvalue weighted by Gasteiger charge is -2.16. The van der Waals surface area contributed by atoms with Gasteiger partial charge in [-0.15, -0.1) is 11.8 Å². The third-order valence-electron chi connectivity index (χ3n) is 2.65. The number of fused-ring (bicyclic) bond motifs is 1. The normalized spacial score (nSPS) is 14.1. The Morgan fingerprint density at radius 1 is 1.50 bits per heavy atom. The Balaban J connectivity index is 2.03. The summed E-state index contributed by atoms with van der Waals surface area (Å²) in [5, 5.41) is 5.34. The fourth-order valence-corrected chi connectivity index (χ4v) is 2.81. The van der Waals surface area contributed by atoms with E-state index in [0.29, 0.717) is 6.54 Å². The van der Waals surface area contributed by atoms with E-state index in [9.17, 15) is 4.79 Å². The number of carbonyl (C=O) groups is 1. The van der Waals surface area contributed by atoms with Crippen LogP contribution in [0.3, 0.4) is 0 Å². The highest BCUT2D eigenvalue weighted by molar-refractivity contribution is 7.99. The van der Waals surface area contributed by atoms with E-state index in [1.165, 1.54) is 28.2 Å². The van der Waals surface area contributed by atoms with Crippen molar-refractivity contribution in [3.8, 4) is 0 Å². The molecule has 1 aromatic rings. The second-order valence-corrected chi connectivity index (χ2v) is 4.96. The molecule has 0 atom stereocenters. The monoisotopic (exact) mass is 236 g/mol. The highest BCUT2D eigenvalue weighted by atomic mass is 32.2. The zero-order valence-electron chi connectivity index (χ0n) is 9.38. The smallest absolute Gasteiger partial charge is 0.314 e. The van der Waals surface area contributed by atoms with Gasteiger partial charge in [-0.3, -0.25) is 0 Å². The Kier molecular flexibility index (Phi) is 3.72. The number of hydrogen-bond acceptors (Lipinski definition) is 2. The van der Waals surface area contributed by atoms with Crippen LogP contribution < -0.4 is 10.6 Å². The molecule has 2 N–H and O–H groups in total. The molecule has 1 aliphatic rings. The van der Waals surface area contributed by atoms with Crippen LogP contribution in [0.15, 0.2) is 23.1 Å². The first-order chi connectivity index (χ1) is 7.79. The van der Waals surface area contributed by atoms with Gasteiger partial charge in [0.1, 0.15) is 0 Å². The average Bonchev–Trinajstić information content (AvgIpc) is 2.35. The molecular weight excluding hydrogens is 220 g/mol. The van der Waals surface area contributed by atoms with Crippen LogP contribution in [0.2, 0.25) is 0 Å². The minimum atomic E-state index is -0.132. The topological polar surface area (TPSA) is 41.1 Å².